The van der Waals surface area contributed by atoms with Crippen LogP contribution in [-0.2, 0) is 4.79 Å². The van der Waals surface area contributed by atoms with Gasteiger partial charge in [-0.3, -0.25) is 0 Å². The van der Waals surface area contributed by atoms with Gasteiger partial charge in [0.25, 0.3) is 0 Å². The molecule has 2 aromatic carbocycles. The van der Waals surface area contributed by atoms with Crippen molar-refractivity contribution in [3.8, 4) is 5.75 Å². The number of phenolic OH excluding ortho intramolecular Hbond substituents is 1. The van der Waals surface area contributed by atoms with Gasteiger partial charge in [-0.2, -0.15) is 0 Å². The molecule has 3 heteroatoms. The van der Waals surface area contributed by atoms with E-state index in [9.17, 15) is 9.90 Å². The standard InChI is InChI=1S/C14H11BrO2/c15-11-7-5-10(6-8-11)13(9-16)12-3-1-2-4-14(12)17/h1-9,13,17H. The fourth-order valence-electron chi connectivity index (χ4n) is 1.75. The lowest BCUT2D eigenvalue weighted by Crippen LogP contribution is -2.02. The lowest BCUT2D eigenvalue weighted by molar-refractivity contribution is -0.108. The van der Waals surface area contributed by atoms with Gasteiger partial charge in [0, 0.05) is 10.0 Å². The number of halogens is 1. The van der Waals surface area contributed by atoms with E-state index < -0.39 is 5.92 Å². The number of hydrogen-bond donors (Lipinski definition) is 1. The van der Waals surface area contributed by atoms with E-state index in [0.717, 1.165) is 16.3 Å². The normalized spacial score (nSPS) is 12.1. The number of carbonyl (C=O) groups excluding carboxylic acids is 1. The van der Waals surface area contributed by atoms with E-state index >= 15 is 0 Å². The summed E-state index contributed by atoms with van der Waals surface area (Å²) in [6.45, 7) is 0. The predicted molar refractivity (Wildman–Crippen MR) is 70.2 cm³/mol. The fraction of sp³-hybridized carbons (Fsp3) is 0.0714. The molecule has 0 heterocycles. The van der Waals surface area contributed by atoms with Crippen molar-refractivity contribution >= 4 is 22.2 Å². The zero-order valence-electron chi connectivity index (χ0n) is 9.01. The summed E-state index contributed by atoms with van der Waals surface area (Å²) in [4.78, 5) is 11.2. The van der Waals surface area contributed by atoms with E-state index in [1.165, 1.54) is 0 Å². The van der Waals surface area contributed by atoms with Crippen molar-refractivity contribution in [2.75, 3.05) is 0 Å². The molecule has 0 amide bonds. The Kier molecular flexibility index (Phi) is 3.59. The maximum atomic E-state index is 11.2. The number of aldehydes is 1. The first-order chi connectivity index (χ1) is 8.22. The first-order valence-corrected chi connectivity index (χ1v) is 6.00. The van der Waals surface area contributed by atoms with Crippen LogP contribution < -0.4 is 0 Å². The van der Waals surface area contributed by atoms with Crippen LogP contribution in [0.15, 0.2) is 53.0 Å². The second-order valence-electron chi connectivity index (χ2n) is 3.72. The third kappa shape index (κ3) is 2.56. The number of benzene rings is 2. The number of rotatable bonds is 3. The average Bonchev–Trinajstić information content (AvgIpc) is 2.35. The lowest BCUT2D eigenvalue weighted by atomic mass is 9.92. The minimum atomic E-state index is -0.427. The number of phenols is 1. The van der Waals surface area contributed by atoms with E-state index in [1.54, 1.807) is 18.2 Å². The van der Waals surface area contributed by atoms with Gasteiger partial charge in [-0.25, -0.2) is 0 Å². The highest BCUT2D eigenvalue weighted by molar-refractivity contribution is 9.10. The third-order valence-corrected chi connectivity index (χ3v) is 3.17. The first kappa shape index (κ1) is 11.9. The minimum absolute atomic E-state index is 0.146. The maximum absolute atomic E-state index is 11.2. The smallest absolute Gasteiger partial charge is 0.131 e. The summed E-state index contributed by atoms with van der Waals surface area (Å²) >= 11 is 3.35. The highest BCUT2D eigenvalue weighted by Gasteiger charge is 2.16. The van der Waals surface area contributed by atoms with Crippen molar-refractivity contribution in [3.63, 3.8) is 0 Å². The van der Waals surface area contributed by atoms with E-state index in [0.29, 0.717) is 5.56 Å². The fourth-order valence-corrected chi connectivity index (χ4v) is 2.02. The molecule has 0 aliphatic rings. The van der Waals surface area contributed by atoms with Crippen LogP contribution in [0.1, 0.15) is 17.0 Å². The van der Waals surface area contributed by atoms with Crippen LogP contribution in [0.3, 0.4) is 0 Å². The Labute approximate surface area is 108 Å². The Balaban J connectivity index is 2.44. The second-order valence-corrected chi connectivity index (χ2v) is 4.64. The summed E-state index contributed by atoms with van der Waals surface area (Å²) in [6.07, 6.45) is 0.846. The molecule has 0 saturated heterocycles. The quantitative estimate of drug-likeness (QED) is 0.879. The Morgan fingerprint density at radius 3 is 2.29 bits per heavy atom. The van der Waals surface area contributed by atoms with Crippen molar-refractivity contribution in [1.82, 2.24) is 0 Å². The first-order valence-electron chi connectivity index (χ1n) is 5.21. The number of para-hydroxylation sites is 1. The number of aromatic hydroxyl groups is 1. The summed E-state index contributed by atoms with van der Waals surface area (Å²) in [7, 11) is 0. The Hall–Kier alpha value is -1.61. The molecule has 2 rings (SSSR count). The van der Waals surface area contributed by atoms with Gasteiger partial charge in [0.2, 0.25) is 0 Å². The molecule has 0 saturated carbocycles. The predicted octanol–water partition coefficient (Wildman–Crippen LogP) is 3.49. The number of hydrogen-bond acceptors (Lipinski definition) is 2. The molecule has 17 heavy (non-hydrogen) atoms. The molecule has 2 aromatic rings. The minimum Gasteiger partial charge on any atom is -0.508 e. The molecular weight excluding hydrogens is 280 g/mol. The van der Waals surface area contributed by atoms with Crippen LogP contribution in [0.4, 0.5) is 0 Å². The molecule has 0 aliphatic carbocycles. The van der Waals surface area contributed by atoms with Crippen molar-refractivity contribution < 1.29 is 9.90 Å². The summed E-state index contributed by atoms with van der Waals surface area (Å²) in [5, 5.41) is 9.76. The molecule has 0 radical (unpaired) electrons. The molecule has 0 spiro atoms. The van der Waals surface area contributed by atoms with Crippen LogP contribution in [0, 0.1) is 0 Å². The highest BCUT2D eigenvalue weighted by Crippen LogP contribution is 2.30. The Morgan fingerprint density at radius 2 is 1.71 bits per heavy atom. The maximum Gasteiger partial charge on any atom is 0.131 e. The van der Waals surface area contributed by atoms with Gasteiger partial charge in [-0.1, -0.05) is 46.3 Å². The van der Waals surface area contributed by atoms with Crippen LogP contribution >= 0.6 is 15.9 Å². The van der Waals surface area contributed by atoms with Gasteiger partial charge in [-0.15, -0.1) is 0 Å². The van der Waals surface area contributed by atoms with Gasteiger partial charge >= 0.3 is 0 Å². The van der Waals surface area contributed by atoms with Crippen LogP contribution in [0.25, 0.3) is 0 Å². The van der Waals surface area contributed by atoms with Gasteiger partial charge in [0.05, 0.1) is 5.92 Å². The summed E-state index contributed by atoms with van der Waals surface area (Å²) in [5.74, 6) is -0.281. The average molecular weight is 291 g/mol. The number of carbonyl (C=O) groups is 1. The van der Waals surface area contributed by atoms with Gasteiger partial charge in [-0.05, 0) is 23.8 Å². The van der Waals surface area contributed by atoms with E-state index in [1.807, 2.05) is 30.3 Å². The van der Waals surface area contributed by atoms with Crippen LogP contribution in [0.5, 0.6) is 5.75 Å². The summed E-state index contributed by atoms with van der Waals surface area (Å²) < 4.78 is 0.961. The zero-order valence-corrected chi connectivity index (χ0v) is 10.6. The lowest BCUT2D eigenvalue weighted by Gasteiger charge is -2.12. The molecule has 0 bridgehead atoms. The molecule has 0 aromatic heterocycles. The van der Waals surface area contributed by atoms with Crippen molar-refractivity contribution in [2.45, 2.75) is 5.92 Å². The monoisotopic (exact) mass is 290 g/mol. The molecular formula is C14H11BrO2. The van der Waals surface area contributed by atoms with E-state index in [2.05, 4.69) is 15.9 Å². The van der Waals surface area contributed by atoms with Crippen molar-refractivity contribution in [2.24, 2.45) is 0 Å². The zero-order chi connectivity index (χ0) is 12.3. The molecule has 1 unspecified atom stereocenters. The molecule has 1 N–H and O–H groups in total. The summed E-state index contributed by atoms with van der Waals surface area (Å²) in [5.41, 5.74) is 1.49. The van der Waals surface area contributed by atoms with Crippen LogP contribution in [-0.4, -0.2) is 11.4 Å². The molecule has 0 fully saturated rings. The van der Waals surface area contributed by atoms with Crippen LogP contribution in [0.2, 0.25) is 0 Å². The van der Waals surface area contributed by atoms with Gasteiger partial charge < -0.3 is 9.90 Å². The molecule has 2 nitrogen and oxygen atoms in total. The van der Waals surface area contributed by atoms with Crippen molar-refractivity contribution in [3.05, 3.63) is 64.1 Å². The topological polar surface area (TPSA) is 37.3 Å². The third-order valence-electron chi connectivity index (χ3n) is 2.64. The SMILES string of the molecule is O=CC(c1ccc(Br)cc1)c1ccccc1O. The van der Waals surface area contributed by atoms with Crippen molar-refractivity contribution in [1.29, 1.82) is 0 Å². The molecule has 1 atom stereocenters. The van der Waals surface area contributed by atoms with Gasteiger partial charge in [0.15, 0.2) is 0 Å². The molecule has 0 aliphatic heterocycles. The Morgan fingerprint density at radius 1 is 1.06 bits per heavy atom. The van der Waals surface area contributed by atoms with Gasteiger partial charge in [0.1, 0.15) is 12.0 Å². The largest absolute Gasteiger partial charge is 0.508 e. The summed E-state index contributed by atoms with van der Waals surface area (Å²) in [6, 6.07) is 14.4. The Bertz CT molecular complexity index is 520. The highest BCUT2D eigenvalue weighted by atomic mass is 79.9. The second kappa shape index (κ2) is 5.15. The van der Waals surface area contributed by atoms with E-state index in [4.69, 9.17) is 0 Å². The molecule has 86 valence electrons. The van der Waals surface area contributed by atoms with E-state index in [-0.39, 0.29) is 5.75 Å².